The minimum atomic E-state index is -0.409. The lowest BCUT2D eigenvalue weighted by Crippen LogP contribution is -2.28. The lowest BCUT2D eigenvalue weighted by Gasteiger charge is -2.17. The van der Waals surface area contributed by atoms with E-state index in [-0.39, 0.29) is 5.91 Å². The Morgan fingerprint density at radius 3 is 2.75 bits per heavy atom. The zero-order valence-corrected chi connectivity index (χ0v) is 15.4. The van der Waals surface area contributed by atoms with Crippen molar-refractivity contribution in [1.82, 2.24) is 4.98 Å². The summed E-state index contributed by atoms with van der Waals surface area (Å²) in [4.78, 5) is 30.8. The number of hydrogen-bond donors (Lipinski definition) is 1. The molecule has 1 N–H and O–H groups in total. The first-order valence-corrected chi connectivity index (χ1v) is 8.97. The van der Waals surface area contributed by atoms with Gasteiger partial charge < -0.3 is 15.0 Å². The van der Waals surface area contributed by atoms with E-state index in [1.165, 1.54) is 12.7 Å². The molecule has 28 heavy (non-hydrogen) atoms. The van der Waals surface area contributed by atoms with Crippen LogP contribution in [0, 0.1) is 0 Å². The van der Waals surface area contributed by atoms with E-state index in [2.05, 4.69) is 16.4 Å². The van der Waals surface area contributed by atoms with Gasteiger partial charge in [-0.25, -0.2) is 9.78 Å². The number of esters is 1. The number of carbonyl (C=O) groups excluding carboxylic acids is 2. The highest BCUT2D eigenvalue weighted by atomic mass is 16.5. The van der Waals surface area contributed by atoms with Crippen LogP contribution in [0.5, 0.6) is 0 Å². The first kappa shape index (κ1) is 17.7. The third-order valence-electron chi connectivity index (χ3n) is 4.70. The molecule has 0 unspecified atom stereocenters. The van der Waals surface area contributed by atoms with Crippen LogP contribution in [0.25, 0.3) is 0 Å². The molecule has 0 radical (unpaired) electrons. The average Bonchev–Trinajstić information content (AvgIpc) is 3.17. The van der Waals surface area contributed by atoms with E-state index >= 15 is 0 Å². The largest absolute Gasteiger partial charge is 0.465 e. The predicted octanol–water partition coefficient (Wildman–Crippen LogP) is 3.81. The maximum atomic E-state index is 13.0. The van der Waals surface area contributed by atoms with Crippen molar-refractivity contribution >= 4 is 29.1 Å². The molecule has 4 rings (SSSR count). The summed E-state index contributed by atoms with van der Waals surface area (Å²) in [6, 6.07) is 18.3. The minimum Gasteiger partial charge on any atom is -0.465 e. The molecule has 1 amide bonds. The van der Waals surface area contributed by atoms with Crippen molar-refractivity contribution in [3.05, 3.63) is 83.6 Å². The van der Waals surface area contributed by atoms with Crippen LogP contribution in [0.4, 0.5) is 17.2 Å². The molecule has 140 valence electrons. The normalized spacial score (nSPS) is 12.4. The molecule has 2 aromatic carbocycles. The number of anilines is 3. The molecule has 0 bridgehead atoms. The lowest BCUT2D eigenvalue weighted by atomic mass is 10.1. The Labute approximate surface area is 162 Å². The Kier molecular flexibility index (Phi) is 4.76. The highest BCUT2D eigenvalue weighted by molar-refractivity contribution is 6.07. The maximum absolute atomic E-state index is 13.0. The molecule has 0 saturated heterocycles. The summed E-state index contributed by atoms with van der Waals surface area (Å²) < 4.78 is 4.75. The number of benzene rings is 2. The standard InChI is InChI=1S/C22H19N3O3/c1-28-22(27)17-6-4-7-18(13-17)24-20-14-16(9-11-23-20)21(26)25-12-10-15-5-2-3-8-19(15)25/h2-9,11,13-14H,10,12H2,1H3,(H,23,24). The van der Waals surface area contributed by atoms with Gasteiger partial charge in [-0.2, -0.15) is 0 Å². The average molecular weight is 373 g/mol. The summed E-state index contributed by atoms with van der Waals surface area (Å²) in [5.74, 6) is 0.0623. The number of nitrogens with one attached hydrogen (secondary N) is 1. The maximum Gasteiger partial charge on any atom is 0.337 e. The summed E-state index contributed by atoms with van der Waals surface area (Å²) in [6.07, 6.45) is 2.46. The fourth-order valence-corrected chi connectivity index (χ4v) is 3.33. The Morgan fingerprint density at radius 2 is 1.89 bits per heavy atom. The van der Waals surface area contributed by atoms with Crippen LogP contribution in [-0.2, 0) is 11.2 Å². The Morgan fingerprint density at radius 1 is 1.04 bits per heavy atom. The van der Waals surface area contributed by atoms with Crippen LogP contribution in [0.15, 0.2) is 66.9 Å². The number of pyridine rings is 1. The molecule has 0 spiro atoms. The van der Waals surface area contributed by atoms with Crippen LogP contribution in [0.2, 0.25) is 0 Å². The number of aromatic nitrogens is 1. The number of methoxy groups -OCH3 is 1. The van der Waals surface area contributed by atoms with E-state index in [0.29, 0.717) is 29.2 Å². The molecule has 6 nitrogen and oxygen atoms in total. The van der Waals surface area contributed by atoms with E-state index in [0.717, 1.165) is 12.1 Å². The van der Waals surface area contributed by atoms with Gasteiger partial charge in [-0.1, -0.05) is 24.3 Å². The number of hydrogen-bond acceptors (Lipinski definition) is 5. The smallest absolute Gasteiger partial charge is 0.337 e. The summed E-state index contributed by atoms with van der Waals surface area (Å²) >= 11 is 0. The first-order valence-electron chi connectivity index (χ1n) is 8.97. The lowest BCUT2D eigenvalue weighted by molar-refractivity contribution is 0.0600. The second-order valence-electron chi connectivity index (χ2n) is 6.46. The van der Waals surface area contributed by atoms with Crippen molar-refractivity contribution in [3.8, 4) is 0 Å². The van der Waals surface area contributed by atoms with Crippen molar-refractivity contribution in [3.63, 3.8) is 0 Å². The van der Waals surface area contributed by atoms with Crippen LogP contribution < -0.4 is 10.2 Å². The molecule has 0 aliphatic carbocycles. The third-order valence-corrected chi connectivity index (χ3v) is 4.70. The van der Waals surface area contributed by atoms with Gasteiger partial charge >= 0.3 is 5.97 Å². The van der Waals surface area contributed by atoms with Crippen molar-refractivity contribution in [1.29, 1.82) is 0 Å². The molecule has 0 saturated carbocycles. The number of carbonyl (C=O) groups is 2. The van der Waals surface area contributed by atoms with Gasteiger partial charge in [0.25, 0.3) is 5.91 Å². The molecule has 1 aliphatic heterocycles. The highest BCUT2D eigenvalue weighted by Crippen LogP contribution is 2.29. The summed E-state index contributed by atoms with van der Waals surface area (Å²) in [7, 11) is 1.34. The van der Waals surface area contributed by atoms with Crippen LogP contribution in [0.1, 0.15) is 26.3 Å². The van der Waals surface area contributed by atoms with Crippen LogP contribution in [0.3, 0.4) is 0 Å². The first-order chi connectivity index (χ1) is 13.7. The van der Waals surface area contributed by atoms with Gasteiger partial charge in [-0.3, -0.25) is 4.79 Å². The molecule has 1 aliphatic rings. The van der Waals surface area contributed by atoms with Gasteiger partial charge in [0.1, 0.15) is 5.82 Å². The molecule has 0 fully saturated rings. The monoisotopic (exact) mass is 373 g/mol. The number of para-hydroxylation sites is 1. The molecule has 1 aromatic heterocycles. The number of fused-ring (bicyclic) bond motifs is 1. The van der Waals surface area contributed by atoms with Crippen molar-refractivity contribution in [2.24, 2.45) is 0 Å². The van der Waals surface area contributed by atoms with E-state index < -0.39 is 5.97 Å². The number of rotatable bonds is 4. The van der Waals surface area contributed by atoms with E-state index in [4.69, 9.17) is 4.74 Å². The van der Waals surface area contributed by atoms with E-state index in [9.17, 15) is 9.59 Å². The predicted molar refractivity (Wildman–Crippen MR) is 107 cm³/mol. The van der Waals surface area contributed by atoms with Crippen LogP contribution >= 0.6 is 0 Å². The topological polar surface area (TPSA) is 71.5 Å². The molecular weight excluding hydrogens is 354 g/mol. The Hall–Kier alpha value is -3.67. The molecule has 6 heteroatoms. The van der Waals surface area contributed by atoms with Crippen LogP contribution in [-0.4, -0.2) is 30.5 Å². The van der Waals surface area contributed by atoms with Gasteiger partial charge in [0, 0.05) is 29.7 Å². The SMILES string of the molecule is COC(=O)c1cccc(Nc2cc(C(=O)N3CCc4ccccc43)ccn2)c1. The molecule has 0 atom stereocenters. The molecule has 2 heterocycles. The third kappa shape index (κ3) is 3.44. The Balaban J connectivity index is 1.56. The zero-order valence-electron chi connectivity index (χ0n) is 15.4. The van der Waals surface area contributed by atoms with Gasteiger partial charge in [-0.15, -0.1) is 0 Å². The minimum absolute atomic E-state index is 0.0567. The second kappa shape index (κ2) is 7.52. The van der Waals surface area contributed by atoms with Crippen molar-refractivity contribution in [2.45, 2.75) is 6.42 Å². The number of amides is 1. The van der Waals surface area contributed by atoms with E-state index in [1.807, 2.05) is 24.3 Å². The molecular formula is C22H19N3O3. The summed E-state index contributed by atoms with van der Waals surface area (Å²) in [6.45, 7) is 0.671. The van der Waals surface area contributed by atoms with Gasteiger partial charge in [0.05, 0.1) is 12.7 Å². The fourth-order valence-electron chi connectivity index (χ4n) is 3.33. The van der Waals surface area contributed by atoms with Crippen molar-refractivity contribution < 1.29 is 14.3 Å². The Bertz CT molecular complexity index is 1050. The van der Waals surface area contributed by atoms with Gasteiger partial charge in [0.2, 0.25) is 0 Å². The van der Waals surface area contributed by atoms with E-state index in [1.54, 1.807) is 41.4 Å². The zero-order chi connectivity index (χ0) is 19.5. The van der Waals surface area contributed by atoms with Gasteiger partial charge in [-0.05, 0) is 48.4 Å². The summed E-state index contributed by atoms with van der Waals surface area (Å²) in [5.41, 5.74) is 3.82. The quantitative estimate of drug-likeness (QED) is 0.704. The van der Waals surface area contributed by atoms with Gasteiger partial charge in [0.15, 0.2) is 0 Å². The second-order valence-corrected chi connectivity index (χ2v) is 6.46. The fraction of sp³-hybridized carbons (Fsp3) is 0.136. The summed E-state index contributed by atoms with van der Waals surface area (Å²) in [5, 5.41) is 3.14. The number of ether oxygens (including phenoxy) is 1. The highest BCUT2D eigenvalue weighted by Gasteiger charge is 2.25. The van der Waals surface area contributed by atoms with Crippen molar-refractivity contribution in [2.75, 3.05) is 23.9 Å². The molecule has 3 aromatic rings. The number of nitrogens with zero attached hydrogens (tertiary/aromatic N) is 2.